The monoisotopic (exact) mass is 447 g/mol. The molecule has 0 bridgehead atoms. The van der Waals surface area contributed by atoms with Crippen molar-refractivity contribution in [2.24, 2.45) is 10.8 Å². The van der Waals surface area contributed by atoms with Crippen LogP contribution in [0.4, 0.5) is 4.39 Å². The smallest absolute Gasteiger partial charge is 0.131 e. The van der Waals surface area contributed by atoms with Gasteiger partial charge in [-0.25, -0.2) is 4.39 Å². The highest BCUT2D eigenvalue weighted by molar-refractivity contribution is 5.73. The molecule has 1 atom stereocenters. The van der Waals surface area contributed by atoms with Crippen LogP contribution in [0.3, 0.4) is 0 Å². The molecule has 1 nitrogen and oxygen atoms in total. The Bertz CT molecular complexity index is 982. The van der Waals surface area contributed by atoms with Gasteiger partial charge < -0.3 is 0 Å². The van der Waals surface area contributed by atoms with Gasteiger partial charge >= 0.3 is 0 Å². The lowest BCUT2D eigenvalue weighted by atomic mass is 9.74. The Morgan fingerprint density at radius 3 is 2.55 bits per heavy atom. The fourth-order valence-corrected chi connectivity index (χ4v) is 6.11. The van der Waals surface area contributed by atoms with Crippen molar-refractivity contribution >= 4 is 0 Å². The minimum absolute atomic E-state index is 0.111. The zero-order chi connectivity index (χ0) is 23.6. The molecule has 1 saturated heterocycles. The molecule has 0 N–H and O–H groups in total. The Morgan fingerprint density at radius 2 is 1.91 bits per heavy atom. The van der Waals surface area contributed by atoms with E-state index in [1.807, 2.05) is 12.1 Å². The molecule has 1 aliphatic carbocycles. The third kappa shape index (κ3) is 5.60. The maximum Gasteiger partial charge on any atom is 0.131 e. The predicted molar refractivity (Wildman–Crippen MR) is 139 cm³/mol. The summed E-state index contributed by atoms with van der Waals surface area (Å²) < 4.78 is 14.6. The van der Waals surface area contributed by atoms with Crippen molar-refractivity contribution in [2.75, 3.05) is 13.1 Å². The van der Waals surface area contributed by atoms with Gasteiger partial charge in [-0.15, -0.1) is 6.58 Å². The second-order valence-electron chi connectivity index (χ2n) is 11.5. The lowest BCUT2D eigenvalue weighted by Gasteiger charge is -2.49. The quantitative estimate of drug-likeness (QED) is 0.311. The molecule has 4 rings (SSSR count). The summed E-state index contributed by atoms with van der Waals surface area (Å²) in [5.41, 5.74) is 6.58. The van der Waals surface area contributed by atoms with Gasteiger partial charge in [0.25, 0.3) is 0 Å². The van der Waals surface area contributed by atoms with Crippen LogP contribution < -0.4 is 0 Å². The van der Waals surface area contributed by atoms with Crippen LogP contribution in [0.1, 0.15) is 88.3 Å². The Labute approximate surface area is 201 Å². The minimum Gasteiger partial charge on any atom is -0.298 e. The zero-order valence-electron chi connectivity index (χ0n) is 21.2. The first-order valence-corrected chi connectivity index (χ1v) is 13.0. The van der Waals surface area contributed by atoms with Crippen molar-refractivity contribution < 1.29 is 4.39 Å². The standard InChI is InChI=1S/C31H42FN/c1-6-15-30(4,7-2)16-10-17-31(5)21-33(22-31)20-24-18-23(3)29(27(19-24)25-13-14-25)26-11-8-9-12-28(26)32/h7-9,11-12,18-19,25H,2,6,10,13-17,20-22H2,1,3-5H3. The third-order valence-corrected chi connectivity index (χ3v) is 8.05. The first-order chi connectivity index (χ1) is 15.8. The zero-order valence-corrected chi connectivity index (χ0v) is 21.2. The molecular weight excluding hydrogens is 405 g/mol. The lowest BCUT2D eigenvalue weighted by Crippen LogP contribution is -2.53. The summed E-state index contributed by atoms with van der Waals surface area (Å²) in [6.07, 6.45) is 10.9. The number of aryl methyl sites for hydroxylation is 1. The molecule has 33 heavy (non-hydrogen) atoms. The third-order valence-electron chi connectivity index (χ3n) is 8.05. The Morgan fingerprint density at radius 1 is 1.18 bits per heavy atom. The fraction of sp³-hybridized carbons (Fsp3) is 0.548. The maximum absolute atomic E-state index is 14.6. The molecular formula is C31H42FN. The van der Waals surface area contributed by atoms with Crippen LogP contribution in [-0.4, -0.2) is 18.0 Å². The van der Waals surface area contributed by atoms with E-state index in [9.17, 15) is 4.39 Å². The summed E-state index contributed by atoms with van der Waals surface area (Å²) in [4.78, 5) is 2.59. The van der Waals surface area contributed by atoms with E-state index in [1.54, 1.807) is 12.1 Å². The molecule has 1 unspecified atom stereocenters. The van der Waals surface area contributed by atoms with Crippen molar-refractivity contribution in [3.63, 3.8) is 0 Å². The number of halogens is 1. The van der Waals surface area contributed by atoms with Crippen molar-refractivity contribution in [3.8, 4) is 11.1 Å². The minimum atomic E-state index is -0.111. The van der Waals surface area contributed by atoms with Gasteiger partial charge in [-0.1, -0.05) is 70.0 Å². The SMILES string of the molecule is C=CC(C)(CCC)CCCC1(C)CN(Cc2cc(C)c(-c3ccccc3F)c(C3CC3)c2)C1. The highest BCUT2D eigenvalue weighted by Gasteiger charge is 2.38. The summed E-state index contributed by atoms with van der Waals surface area (Å²) in [6, 6.07) is 11.9. The van der Waals surface area contributed by atoms with Crippen LogP contribution in [0.2, 0.25) is 0 Å². The molecule has 2 aliphatic rings. The first kappa shape index (κ1) is 24.2. The van der Waals surface area contributed by atoms with Crippen LogP contribution >= 0.6 is 0 Å². The summed E-state index contributed by atoms with van der Waals surface area (Å²) in [5, 5.41) is 0. The molecule has 2 aromatic rings. The molecule has 1 saturated carbocycles. The van der Waals surface area contributed by atoms with Gasteiger partial charge in [-0.3, -0.25) is 4.90 Å². The van der Waals surface area contributed by atoms with E-state index in [-0.39, 0.29) is 5.82 Å². The van der Waals surface area contributed by atoms with Gasteiger partial charge in [0.2, 0.25) is 0 Å². The van der Waals surface area contributed by atoms with E-state index in [2.05, 4.69) is 57.4 Å². The molecule has 2 heteroatoms. The molecule has 0 aromatic heterocycles. The van der Waals surface area contributed by atoms with Crippen LogP contribution in [0, 0.1) is 23.6 Å². The molecule has 0 radical (unpaired) electrons. The average Bonchev–Trinajstić information content (AvgIpc) is 3.59. The van der Waals surface area contributed by atoms with Crippen molar-refractivity contribution in [3.05, 3.63) is 71.6 Å². The summed E-state index contributed by atoms with van der Waals surface area (Å²) in [5.74, 6) is 0.488. The van der Waals surface area contributed by atoms with E-state index >= 15 is 0 Å². The van der Waals surface area contributed by atoms with Crippen LogP contribution in [0.15, 0.2) is 49.1 Å². The predicted octanol–water partition coefficient (Wildman–Crippen LogP) is 8.66. The number of nitrogens with zero attached hydrogens (tertiary/aromatic N) is 1. The molecule has 1 heterocycles. The number of rotatable bonds is 11. The van der Waals surface area contributed by atoms with Gasteiger partial charge in [-0.2, -0.15) is 0 Å². The van der Waals surface area contributed by atoms with Crippen molar-refractivity contribution in [1.29, 1.82) is 0 Å². The fourth-order valence-electron chi connectivity index (χ4n) is 6.11. The van der Waals surface area contributed by atoms with E-state index in [0.717, 1.165) is 17.7 Å². The largest absolute Gasteiger partial charge is 0.298 e. The van der Waals surface area contributed by atoms with E-state index in [0.29, 0.717) is 16.7 Å². The summed E-state index contributed by atoms with van der Waals surface area (Å²) in [7, 11) is 0. The van der Waals surface area contributed by atoms with Crippen LogP contribution in [-0.2, 0) is 6.54 Å². The Balaban J connectivity index is 1.39. The number of hydrogen-bond donors (Lipinski definition) is 0. The van der Waals surface area contributed by atoms with Crippen LogP contribution in [0.5, 0.6) is 0 Å². The summed E-state index contributed by atoms with van der Waals surface area (Å²) in [6.45, 7) is 16.7. The Kier molecular flexibility index (Phi) is 7.15. The van der Waals surface area contributed by atoms with E-state index in [1.165, 1.54) is 74.7 Å². The van der Waals surface area contributed by atoms with Gasteiger partial charge in [0.15, 0.2) is 0 Å². The van der Waals surface area contributed by atoms with Gasteiger partial charge in [0.05, 0.1) is 0 Å². The number of allylic oxidation sites excluding steroid dienone is 1. The lowest BCUT2D eigenvalue weighted by molar-refractivity contribution is -0.000778. The number of hydrogen-bond acceptors (Lipinski definition) is 1. The topological polar surface area (TPSA) is 3.24 Å². The number of benzene rings is 2. The molecule has 178 valence electrons. The van der Waals surface area contributed by atoms with Crippen LogP contribution in [0.25, 0.3) is 11.1 Å². The Hall–Kier alpha value is -1.93. The highest BCUT2D eigenvalue weighted by atomic mass is 19.1. The maximum atomic E-state index is 14.6. The molecule has 0 amide bonds. The van der Waals surface area contributed by atoms with Gasteiger partial charge in [-0.05, 0) is 84.1 Å². The van der Waals surface area contributed by atoms with Crippen molar-refractivity contribution in [2.45, 2.75) is 85.1 Å². The van der Waals surface area contributed by atoms with Crippen molar-refractivity contribution in [1.82, 2.24) is 4.90 Å². The molecule has 0 spiro atoms. The van der Waals surface area contributed by atoms with E-state index in [4.69, 9.17) is 0 Å². The number of likely N-dealkylation sites (tertiary alicyclic amines) is 1. The molecule has 2 aromatic carbocycles. The van der Waals surface area contributed by atoms with Gasteiger partial charge in [0, 0.05) is 25.2 Å². The highest BCUT2D eigenvalue weighted by Crippen LogP contribution is 2.47. The molecule has 1 aliphatic heterocycles. The molecule has 2 fully saturated rings. The summed E-state index contributed by atoms with van der Waals surface area (Å²) >= 11 is 0. The first-order valence-electron chi connectivity index (χ1n) is 13.0. The van der Waals surface area contributed by atoms with Gasteiger partial charge in [0.1, 0.15) is 5.82 Å². The second kappa shape index (κ2) is 9.74. The average molecular weight is 448 g/mol. The normalized spacial score (nSPS) is 19.7. The second-order valence-corrected chi connectivity index (χ2v) is 11.5. The van der Waals surface area contributed by atoms with E-state index < -0.39 is 0 Å².